The fourth-order valence-corrected chi connectivity index (χ4v) is 17.1. The van der Waals surface area contributed by atoms with Gasteiger partial charge in [-0.3, -0.25) is 0 Å². The lowest BCUT2D eigenvalue weighted by molar-refractivity contribution is 1.28. The molecule has 1 aromatic heterocycles. The largest absolute Gasteiger partial charge is 0.310 e. The van der Waals surface area contributed by atoms with Crippen molar-refractivity contribution in [3.63, 3.8) is 0 Å². The topological polar surface area (TPSA) is 6.48 Å². The molecule has 0 fully saturated rings. The van der Waals surface area contributed by atoms with Crippen LogP contribution < -0.4 is 9.80 Å². The van der Waals surface area contributed by atoms with Crippen LogP contribution in [-0.2, 0) is 0 Å². The average molecular weight is 1330 g/mol. The van der Waals surface area contributed by atoms with Crippen LogP contribution in [0.3, 0.4) is 0 Å². The summed E-state index contributed by atoms with van der Waals surface area (Å²) in [6, 6.07) is 144. The van der Waals surface area contributed by atoms with E-state index in [0.717, 1.165) is 50.8 Å². The minimum atomic E-state index is 1.07. The Labute approximate surface area is 601 Å². The van der Waals surface area contributed by atoms with E-state index < -0.39 is 0 Å². The maximum atomic E-state index is 2.44. The molecule has 0 aliphatic heterocycles. The summed E-state index contributed by atoms with van der Waals surface area (Å²) in [4.78, 5) is 4.88. The number of hydrogen-bond donors (Lipinski definition) is 0. The van der Waals surface area contributed by atoms with Crippen LogP contribution in [0.2, 0.25) is 0 Å². The van der Waals surface area contributed by atoms with E-state index in [-0.39, 0.29) is 0 Å². The Morgan fingerprint density at radius 1 is 0.155 bits per heavy atom. The molecule has 20 aromatic rings. The van der Waals surface area contributed by atoms with Gasteiger partial charge in [0.1, 0.15) is 0 Å². The van der Waals surface area contributed by atoms with E-state index in [1.807, 2.05) is 11.3 Å². The Hall–Kier alpha value is -13.2. The van der Waals surface area contributed by atoms with Gasteiger partial charge < -0.3 is 9.80 Å². The van der Waals surface area contributed by atoms with Crippen molar-refractivity contribution in [3.05, 3.63) is 388 Å². The quantitative estimate of drug-likeness (QED) is 0.113. The van der Waals surface area contributed by atoms with E-state index in [1.165, 1.54) is 146 Å². The normalized spacial score (nSPS) is 11.7. The molecule has 0 saturated carbocycles. The number of hydrogen-bond acceptors (Lipinski definition) is 3. The molecule has 0 amide bonds. The van der Waals surface area contributed by atoms with Crippen LogP contribution in [0, 0.1) is 0 Å². The molecular weight excluding hydrogens is 1260 g/mol. The van der Waals surface area contributed by atoms with Gasteiger partial charge in [-0.2, -0.15) is 0 Å². The van der Waals surface area contributed by atoms with Crippen LogP contribution in [-0.4, -0.2) is 0 Å². The van der Waals surface area contributed by atoms with E-state index in [1.54, 1.807) is 0 Å². The summed E-state index contributed by atoms with van der Waals surface area (Å²) in [5.74, 6) is 0. The monoisotopic (exact) mass is 1320 g/mol. The van der Waals surface area contributed by atoms with E-state index in [0.29, 0.717) is 0 Å². The second kappa shape index (κ2) is 24.9. The molecule has 1 heterocycles. The second-order valence-electron chi connectivity index (χ2n) is 27.1. The Morgan fingerprint density at radius 3 is 1.08 bits per heavy atom. The molecule has 19 aromatic carbocycles. The summed E-state index contributed by atoms with van der Waals surface area (Å²) < 4.78 is 2.63. The molecule has 0 aliphatic rings. The molecule has 0 N–H and O–H groups in total. The fraction of sp³-hybridized carbons (Fsp3) is 0. The first-order valence-corrected chi connectivity index (χ1v) is 36.2. The van der Waals surface area contributed by atoms with Crippen molar-refractivity contribution in [1.82, 2.24) is 0 Å². The van der Waals surface area contributed by atoms with Crippen molar-refractivity contribution >= 4 is 141 Å². The minimum absolute atomic E-state index is 1.07. The van der Waals surface area contributed by atoms with Crippen molar-refractivity contribution in [2.45, 2.75) is 0 Å². The highest BCUT2D eigenvalue weighted by molar-refractivity contribution is 7.25. The fourth-order valence-electron chi connectivity index (χ4n) is 16.0. The van der Waals surface area contributed by atoms with Gasteiger partial charge in [0, 0.05) is 54.0 Å². The van der Waals surface area contributed by atoms with Gasteiger partial charge in [0.05, 0.1) is 11.4 Å². The third-order valence-electron chi connectivity index (χ3n) is 21.2. The number of para-hydroxylation sites is 2. The molecule has 3 heteroatoms. The van der Waals surface area contributed by atoms with Gasteiger partial charge in [-0.05, 0) is 246 Å². The van der Waals surface area contributed by atoms with Crippen molar-refractivity contribution < 1.29 is 0 Å². The van der Waals surface area contributed by atoms with Gasteiger partial charge in [0.2, 0.25) is 0 Å². The summed E-state index contributed by atoms with van der Waals surface area (Å²) in [6.45, 7) is 0. The van der Waals surface area contributed by atoms with Crippen LogP contribution in [0.1, 0.15) is 0 Å². The molecule has 0 spiro atoms. The summed E-state index contributed by atoms with van der Waals surface area (Å²) >= 11 is 1.86. The molecule has 0 aliphatic carbocycles. The summed E-state index contributed by atoms with van der Waals surface area (Å²) in [5.41, 5.74) is 20.7. The maximum absolute atomic E-state index is 2.44. The zero-order chi connectivity index (χ0) is 67.9. The van der Waals surface area contributed by atoms with Gasteiger partial charge >= 0.3 is 0 Å². The molecule has 0 bridgehead atoms. The van der Waals surface area contributed by atoms with Crippen molar-refractivity contribution in [2.24, 2.45) is 0 Å². The molecule has 20 rings (SSSR count). The number of rotatable bonds is 12. The Balaban J connectivity index is 0.660. The Morgan fingerprint density at radius 2 is 0.495 bits per heavy atom. The Kier molecular flexibility index (Phi) is 14.5. The lowest BCUT2D eigenvalue weighted by atomic mass is 9.89. The van der Waals surface area contributed by atoms with E-state index >= 15 is 0 Å². The zero-order valence-corrected chi connectivity index (χ0v) is 57.1. The number of fused-ring (bicyclic) bond motifs is 12. The van der Waals surface area contributed by atoms with Gasteiger partial charge in [0.25, 0.3) is 0 Å². The summed E-state index contributed by atoms with van der Waals surface area (Å²) in [5, 5.41) is 19.7. The van der Waals surface area contributed by atoms with Gasteiger partial charge in [-0.1, -0.05) is 273 Å². The lowest BCUT2D eigenvalue weighted by Crippen LogP contribution is -2.11. The van der Waals surface area contributed by atoms with Crippen molar-refractivity contribution in [3.8, 4) is 66.8 Å². The highest BCUT2D eigenvalue weighted by Gasteiger charge is 2.23. The van der Waals surface area contributed by atoms with Crippen LogP contribution in [0.5, 0.6) is 0 Å². The predicted molar refractivity (Wildman–Crippen MR) is 444 cm³/mol. The summed E-state index contributed by atoms with van der Waals surface area (Å²) in [6.07, 6.45) is 0. The molecule has 0 radical (unpaired) electrons. The van der Waals surface area contributed by atoms with Gasteiger partial charge in [0.15, 0.2) is 0 Å². The Bertz CT molecular complexity index is 6740. The van der Waals surface area contributed by atoms with Crippen LogP contribution in [0.15, 0.2) is 388 Å². The average Bonchev–Trinajstić information content (AvgIpc) is 1.47. The minimum Gasteiger partial charge on any atom is -0.310 e. The van der Waals surface area contributed by atoms with Crippen LogP contribution in [0.25, 0.3) is 162 Å². The molecule has 480 valence electrons. The molecule has 103 heavy (non-hydrogen) atoms. The zero-order valence-electron chi connectivity index (χ0n) is 56.3. The maximum Gasteiger partial charge on any atom is 0.0540 e. The summed E-state index contributed by atoms with van der Waals surface area (Å²) in [7, 11) is 0. The second-order valence-corrected chi connectivity index (χ2v) is 28.2. The third kappa shape index (κ3) is 10.6. The number of nitrogens with zero attached hydrogens (tertiary/aromatic N) is 2. The van der Waals surface area contributed by atoms with E-state index in [2.05, 4.69) is 398 Å². The van der Waals surface area contributed by atoms with E-state index in [4.69, 9.17) is 0 Å². The SMILES string of the molecule is c1ccc(N(c2ccc(-c3ccc4ccc(-c5ccc6c(-c7ccccc7N(c7ccc(-c8ccc9ccccc9c8)cc7)c7ccc8ccccc8c7)cc7ccccc7c6c5)cc4c3)cc2)c2ccc(-c3ccc4sc5ccccc5c4c3)cc2)c(-c2cc3ccccc3c3ccccc23)c1. The number of thiophene rings is 1. The first-order chi connectivity index (χ1) is 51.0. The smallest absolute Gasteiger partial charge is 0.0540 e. The van der Waals surface area contributed by atoms with Crippen molar-refractivity contribution in [1.29, 1.82) is 0 Å². The first-order valence-electron chi connectivity index (χ1n) is 35.4. The highest BCUT2D eigenvalue weighted by Crippen LogP contribution is 2.49. The highest BCUT2D eigenvalue weighted by atomic mass is 32.1. The molecule has 0 unspecified atom stereocenters. The van der Waals surface area contributed by atoms with Crippen LogP contribution in [0.4, 0.5) is 34.1 Å². The van der Waals surface area contributed by atoms with Gasteiger partial charge in [-0.15, -0.1) is 11.3 Å². The van der Waals surface area contributed by atoms with Crippen LogP contribution >= 0.6 is 11.3 Å². The number of anilines is 6. The molecule has 0 atom stereocenters. The molecule has 2 nitrogen and oxygen atoms in total. The standard InChI is InChI=1S/C100H64N2S/c1-3-19-71-57-73(36-33-65(71)17-1)67-41-52-83(53-42-67)102(84-54-45-66-18-2-4-20-72(66)60-84)98-31-15-12-28-91(98)95-64-79-22-6-8-24-86(79)93-61-77(46-55-89(93)95)75-38-35-70-34-37-74(58-80(70)59-75)68-39-48-81(49-40-68)101(82-50-43-69(44-51-82)76-47-56-100-96(62-76)92-29-13-16-32-99(92)103-100)97-30-14-11-27-90(97)94-63-78-21-5-7-23-85(78)87-25-9-10-26-88(87)94/h1-64H. The predicted octanol–water partition coefficient (Wildman–Crippen LogP) is 29.1. The first kappa shape index (κ1) is 59.8. The molecular formula is C100H64N2S. The van der Waals surface area contributed by atoms with E-state index in [9.17, 15) is 0 Å². The number of benzene rings is 19. The third-order valence-corrected chi connectivity index (χ3v) is 22.3. The van der Waals surface area contributed by atoms with Gasteiger partial charge in [-0.25, -0.2) is 0 Å². The lowest BCUT2D eigenvalue weighted by Gasteiger charge is -2.29. The molecule has 0 saturated heterocycles. The van der Waals surface area contributed by atoms with Crippen molar-refractivity contribution in [2.75, 3.05) is 9.80 Å².